The van der Waals surface area contributed by atoms with Crippen molar-refractivity contribution in [1.82, 2.24) is 4.90 Å². The number of hydrogen-bond acceptors (Lipinski definition) is 4. The summed E-state index contributed by atoms with van der Waals surface area (Å²) < 4.78 is 23.0. The van der Waals surface area contributed by atoms with Gasteiger partial charge in [-0.1, -0.05) is 19.8 Å². The number of sulfone groups is 1. The summed E-state index contributed by atoms with van der Waals surface area (Å²) in [5.41, 5.74) is 5.65. The molecule has 1 aliphatic rings. The van der Waals surface area contributed by atoms with Crippen LogP contribution in [0.3, 0.4) is 0 Å². The molecule has 0 aromatic heterocycles. The van der Waals surface area contributed by atoms with E-state index in [1.165, 1.54) is 19.3 Å². The second-order valence-electron chi connectivity index (χ2n) is 5.87. The molecular weight excluding hydrogens is 260 g/mol. The Hall–Kier alpha value is -0.130. The van der Waals surface area contributed by atoms with E-state index in [2.05, 4.69) is 11.8 Å². The van der Waals surface area contributed by atoms with Crippen molar-refractivity contribution in [2.24, 2.45) is 11.7 Å². The predicted octanol–water partition coefficient (Wildman–Crippen LogP) is 1.65. The van der Waals surface area contributed by atoms with Crippen LogP contribution in [0.5, 0.6) is 0 Å². The third-order valence-electron chi connectivity index (χ3n) is 4.14. The number of nitrogens with zero attached hydrogens (tertiary/aromatic N) is 1. The molecule has 1 fully saturated rings. The van der Waals surface area contributed by atoms with Crippen molar-refractivity contribution in [3.63, 3.8) is 0 Å². The van der Waals surface area contributed by atoms with Gasteiger partial charge >= 0.3 is 0 Å². The van der Waals surface area contributed by atoms with Crippen LogP contribution in [0, 0.1) is 5.92 Å². The van der Waals surface area contributed by atoms with Gasteiger partial charge in [-0.15, -0.1) is 0 Å². The van der Waals surface area contributed by atoms with E-state index in [1.807, 2.05) is 6.92 Å². The lowest BCUT2D eigenvalue weighted by molar-refractivity contribution is 0.215. The average Bonchev–Trinajstić information content (AvgIpc) is 2.32. The molecule has 1 rings (SSSR count). The van der Waals surface area contributed by atoms with Crippen LogP contribution in [0.25, 0.3) is 0 Å². The quantitative estimate of drug-likeness (QED) is 0.738. The molecule has 0 radical (unpaired) electrons. The van der Waals surface area contributed by atoms with Gasteiger partial charge in [0.15, 0.2) is 9.84 Å². The van der Waals surface area contributed by atoms with E-state index < -0.39 is 9.84 Å². The third-order valence-corrected chi connectivity index (χ3v) is 5.93. The Balaban J connectivity index is 2.28. The number of nitrogens with two attached hydrogens (primary N) is 1. The van der Waals surface area contributed by atoms with E-state index in [1.54, 1.807) is 0 Å². The van der Waals surface area contributed by atoms with Crippen molar-refractivity contribution in [1.29, 1.82) is 0 Å². The van der Waals surface area contributed by atoms with Crippen molar-refractivity contribution in [3.8, 4) is 0 Å². The smallest absolute Gasteiger partial charge is 0.153 e. The minimum absolute atomic E-state index is 0.179. The summed E-state index contributed by atoms with van der Waals surface area (Å²) in [6.45, 7) is 6.77. The van der Waals surface area contributed by atoms with Crippen LogP contribution in [-0.4, -0.2) is 50.5 Å². The van der Waals surface area contributed by atoms with E-state index in [0.29, 0.717) is 18.1 Å². The zero-order valence-electron chi connectivity index (χ0n) is 12.5. The van der Waals surface area contributed by atoms with Crippen LogP contribution in [0.1, 0.15) is 46.0 Å². The van der Waals surface area contributed by atoms with Crippen LogP contribution in [0.4, 0.5) is 0 Å². The Morgan fingerprint density at radius 3 is 2.63 bits per heavy atom. The van der Waals surface area contributed by atoms with Crippen LogP contribution < -0.4 is 5.73 Å². The maximum absolute atomic E-state index is 11.5. The molecule has 1 heterocycles. The molecule has 0 aromatic carbocycles. The first-order valence-corrected chi connectivity index (χ1v) is 9.45. The maximum Gasteiger partial charge on any atom is 0.153 e. The van der Waals surface area contributed by atoms with E-state index in [-0.39, 0.29) is 6.04 Å². The van der Waals surface area contributed by atoms with Gasteiger partial charge in [0.2, 0.25) is 0 Å². The van der Waals surface area contributed by atoms with Gasteiger partial charge in [-0.25, -0.2) is 8.42 Å². The van der Waals surface area contributed by atoms with Crippen molar-refractivity contribution >= 4 is 9.84 Å². The van der Waals surface area contributed by atoms with E-state index in [0.717, 1.165) is 31.8 Å². The van der Waals surface area contributed by atoms with Gasteiger partial charge in [0.05, 0.1) is 11.5 Å². The molecule has 0 bridgehead atoms. The molecule has 1 aliphatic heterocycles. The van der Waals surface area contributed by atoms with Crippen LogP contribution in [0.2, 0.25) is 0 Å². The first-order chi connectivity index (χ1) is 8.98. The summed E-state index contributed by atoms with van der Waals surface area (Å²) in [4.78, 5) is 2.33. The second-order valence-corrected chi connectivity index (χ2v) is 8.10. The zero-order valence-corrected chi connectivity index (χ0v) is 13.3. The SMILES string of the molecule is CCCC(CCN)CCCN1CCS(=O)(=O)CC1C. The van der Waals surface area contributed by atoms with Gasteiger partial charge in [0.25, 0.3) is 0 Å². The Labute approximate surface area is 118 Å². The molecule has 1 saturated heterocycles. The molecule has 19 heavy (non-hydrogen) atoms. The highest BCUT2D eigenvalue weighted by atomic mass is 32.2. The monoisotopic (exact) mass is 290 g/mol. The summed E-state index contributed by atoms with van der Waals surface area (Å²) in [7, 11) is -2.78. The average molecular weight is 290 g/mol. The summed E-state index contributed by atoms with van der Waals surface area (Å²) in [6, 6.07) is 0.179. The molecule has 4 nitrogen and oxygen atoms in total. The standard InChI is InChI=1S/C14H30N2O2S/c1-3-5-14(7-8-15)6-4-9-16-10-11-19(17,18)12-13(16)2/h13-14H,3-12,15H2,1-2H3. The highest BCUT2D eigenvalue weighted by Crippen LogP contribution is 2.19. The largest absolute Gasteiger partial charge is 0.330 e. The van der Waals surface area contributed by atoms with Crippen LogP contribution in [-0.2, 0) is 9.84 Å². The zero-order chi connectivity index (χ0) is 14.3. The summed E-state index contributed by atoms with van der Waals surface area (Å²) in [6.07, 6.45) is 6.00. The van der Waals surface area contributed by atoms with Gasteiger partial charge < -0.3 is 5.73 Å². The predicted molar refractivity (Wildman–Crippen MR) is 81.0 cm³/mol. The molecule has 0 aliphatic carbocycles. The molecule has 2 unspecified atom stereocenters. The van der Waals surface area contributed by atoms with E-state index in [4.69, 9.17) is 5.73 Å². The van der Waals surface area contributed by atoms with Crippen molar-refractivity contribution < 1.29 is 8.42 Å². The highest BCUT2D eigenvalue weighted by molar-refractivity contribution is 7.91. The number of hydrogen-bond donors (Lipinski definition) is 1. The topological polar surface area (TPSA) is 63.4 Å². The Bertz CT molecular complexity index is 337. The lowest BCUT2D eigenvalue weighted by atomic mass is 9.94. The van der Waals surface area contributed by atoms with Crippen LogP contribution in [0.15, 0.2) is 0 Å². The molecule has 0 spiro atoms. The van der Waals surface area contributed by atoms with Crippen LogP contribution >= 0.6 is 0 Å². The normalized spacial score (nSPS) is 25.3. The van der Waals surface area contributed by atoms with Crippen molar-refractivity contribution in [2.45, 2.75) is 52.0 Å². The Kier molecular flexibility index (Phi) is 7.32. The van der Waals surface area contributed by atoms with Gasteiger partial charge in [-0.2, -0.15) is 0 Å². The molecule has 0 amide bonds. The lowest BCUT2D eigenvalue weighted by Crippen LogP contribution is -2.47. The molecule has 5 heteroatoms. The molecule has 114 valence electrons. The van der Waals surface area contributed by atoms with Gasteiger partial charge in [-0.05, 0) is 45.2 Å². The molecule has 2 N–H and O–H groups in total. The first kappa shape index (κ1) is 16.9. The van der Waals surface area contributed by atoms with Gasteiger partial charge in [0, 0.05) is 12.6 Å². The maximum atomic E-state index is 11.5. The number of rotatable bonds is 8. The summed E-state index contributed by atoms with van der Waals surface area (Å²) in [5, 5.41) is 0. The van der Waals surface area contributed by atoms with Gasteiger partial charge in [-0.3, -0.25) is 4.90 Å². The summed E-state index contributed by atoms with van der Waals surface area (Å²) >= 11 is 0. The second kappa shape index (κ2) is 8.22. The molecular formula is C14H30N2O2S. The van der Waals surface area contributed by atoms with Gasteiger partial charge in [0.1, 0.15) is 0 Å². The first-order valence-electron chi connectivity index (χ1n) is 7.63. The highest BCUT2D eigenvalue weighted by Gasteiger charge is 2.27. The Morgan fingerprint density at radius 1 is 1.32 bits per heavy atom. The fourth-order valence-electron chi connectivity index (χ4n) is 3.03. The summed E-state index contributed by atoms with van der Waals surface area (Å²) in [5.74, 6) is 1.41. The Morgan fingerprint density at radius 2 is 2.05 bits per heavy atom. The molecule has 0 aromatic rings. The molecule has 0 saturated carbocycles. The van der Waals surface area contributed by atoms with E-state index in [9.17, 15) is 8.42 Å². The van der Waals surface area contributed by atoms with Crippen molar-refractivity contribution in [2.75, 3.05) is 31.1 Å². The van der Waals surface area contributed by atoms with Crippen molar-refractivity contribution in [3.05, 3.63) is 0 Å². The fraction of sp³-hybridized carbons (Fsp3) is 1.00. The minimum Gasteiger partial charge on any atom is -0.330 e. The van der Waals surface area contributed by atoms with E-state index >= 15 is 0 Å². The minimum atomic E-state index is -2.78. The lowest BCUT2D eigenvalue weighted by Gasteiger charge is -2.33. The fourth-order valence-corrected chi connectivity index (χ4v) is 4.65. The molecule has 2 atom stereocenters. The third kappa shape index (κ3) is 6.23.